The molecule has 0 unspecified atom stereocenters. The number of ether oxygens (including phenoxy) is 1. The van der Waals surface area contributed by atoms with Crippen molar-refractivity contribution in [2.75, 3.05) is 31.1 Å². The van der Waals surface area contributed by atoms with Crippen LogP contribution in [0, 0.1) is 6.92 Å². The molecule has 0 spiro atoms. The zero-order valence-corrected chi connectivity index (χ0v) is 17.4. The molecule has 2 aromatic rings. The predicted molar refractivity (Wildman–Crippen MR) is 109 cm³/mol. The third-order valence-electron chi connectivity index (χ3n) is 4.56. The Morgan fingerprint density at radius 1 is 1.03 bits per heavy atom. The van der Waals surface area contributed by atoms with Crippen LogP contribution in [-0.2, 0) is 4.74 Å². The molecule has 1 aliphatic heterocycles. The third kappa shape index (κ3) is 5.28. The lowest BCUT2D eigenvalue weighted by atomic mass is 10.1. The van der Waals surface area contributed by atoms with Crippen molar-refractivity contribution in [2.45, 2.75) is 39.7 Å². The highest BCUT2D eigenvalue weighted by Crippen LogP contribution is 2.17. The van der Waals surface area contributed by atoms with Crippen LogP contribution in [0.5, 0.6) is 0 Å². The molecule has 154 valence electrons. The lowest BCUT2D eigenvalue weighted by Crippen LogP contribution is -2.39. The summed E-state index contributed by atoms with van der Waals surface area (Å²) in [5, 5.41) is 0. The van der Waals surface area contributed by atoms with Gasteiger partial charge in [0.05, 0.1) is 0 Å². The van der Waals surface area contributed by atoms with Crippen molar-refractivity contribution in [2.24, 2.45) is 0 Å². The van der Waals surface area contributed by atoms with Crippen molar-refractivity contribution in [3.05, 3.63) is 47.5 Å². The van der Waals surface area contributed by atoms with Crippen LogP contribution in [0.4, 0.5) is 10.7 Å². The molecule has 0 radical (unpaired) electrons. The van der Waals surface area contributed by atoms with Gasteiger partial charge in [-0.2, -0.15) is 0 Å². The Bertz CT molecular complexity index is 894. The number of aromatic nitrogens is 3. The summed E-state index contributed by atoms with van der Waals surface area (Å²) in [4.78, 5) is 41.9. The summed E-state index contributed by atoms with van der Waals surface area (Å²) in [6, 6.07) is 5.10. The maximum Gasteiger partial charge on any atom is 0.410 e. The van der Waals surface area contributed by atoms with E-state index in [1.807, 2.05) is 25.7 Å². The second kappa shape index (κ2) is 8.55. The van der Waals surface area contributed by atoms with E-state index in [2.05, 4.69) is 15.0 Å². The van der Waals surface area contributed by atoms with Crippen LogP contribution in [0.25, 0.3) is 0 Å². The van der Waals surface area contributed by atoms with Gasteiger partial charge in [-0.15, -0.1) is 0 Å². The maximum absolute atomic E-state index is 12.8. The summed E-state index contributed by atoms with van der Waals surface area (Å²) in [6.45, 7) is 9.76. The molecule has 0 saturated carbocycles. The number of hydrogen-bond donors (Lipinski definition) is 0. The van der Waals surface area contributed by atoms with E-state index in [1.54, 1.807) is 42.4 Å². The van der Waals surface area contributed by atoms with E-state index < -0.39 is 5.60 Å². The Morgan fingerprint density at radius 2 is 1.83 bits per heavy atom. The van der Waals surface area contributed by atoms with Crippen LogP contribution in [-0.4, -0.2) is 63.5 Å². The summed E-state index contributed by atoms with van der Waals surface area (Å²) < 4.78 is 5.47. The van der Waals surface area contributed by atoms with E-state index in [0.29, 0.717) is 49.1 Å². The Hall–Kier alpha value is -3.03. The monoisotopic (exact) mass is 397 g/mol. The highest BCUT2D eigenvalue weighted by Gasteiger charge is 2.25. The van der Waals surface area contributed by atoms with Gasteiger partial charge in [0.15, 0.2) is 0 Å². The second-order valence-corrected chi connectivity index (χ2v) is 8.02. The van der Waals surface area contributed by atoms with E-state index >= 15 is 0 Å². The van der Waals surface area contributed by atoms with Crippen LogP contribution in [0.15, 0.2) is 30.6 Å². The summed E-state index contributed by atoms with van der Waals surface area (Å²) in [5.41, 5.74) is 1.01. The minimum Gasteiger partial charge on any atom is -0.444 e. The van der Waals surface area contributed by atoms with Crippen molar-refractivity contribution in [1.82, 2.24) is 19.9 Å². The first-order valence-corrected chi connectivity index (χ1v) is 9.77. The van der Waals surface area contributed by atoms with E-state index in [9.17, 15) is 9.59 Å². The average molecular weight is 397 g/mol. The fourth-order valence-electron chi connectivity index (χ4n) is 3.12. The molecule has 0 atom stereocenters. The smallest absolute Gasteiger partial charge is 0.410 e. The number of hydrogen-bond acceptors (Lipinski definition) is 7. The molecule has 0 aliphatic carbocycles. The Labute approximate surface area is 170 Å². The minimum atomic E-state index is -0.523. The van der Waals surface area contributed by atoms with Gasteiger partial charge in [0.2, 0.25) is 11.7 Å². The molecule has 1 aliphatic rings. The number of carbonyl (C=O) groups excluding carboxylic acids is 2. The lowest BCUT2D eigenvalue weighted by Gasteiger charge is -2.26. The summed E-state index contributed by atoms with van der Waals surface area (Å²) >= 11 is 0. The Balaban J connectivity index is 1.72. The highest BCUT2D eigenvalue weighted by molar-refractivity contribution is 6.08. The summed E-state index contributed by atoms with van der Waals surface area (Å²) in [6.07, 6.45) is 3.71. The lowest BCUT2D eigenvalue weighted by molar-refractivity contribution is 0.0263. The zero-order valence-electron chi connectivity index (χ0n) is 17.4. The quantitative estimate of drug-likeness (QED) is 0.736. The first-order chi connectivity index (χ1) is 13.7. The Morgan fingerprint density at radius 3 is 2.55 bits per heavy atom. The molecular weight excluding hydrogens is 370 g/mol. The fraction of sp³-hybridized carbons (Fsp3) is 0.476. The third-order valence-corrected chi connectivity index (χ3v) is 4.56. The molecular formula is C21H27N5O3. The zero-order chi connectivity index (χ0) is 21.0. The number of rotatable bonds is 3. The van der Waals surface area contributed by atoms with E-state index in [4.69, 9.17) is 4.74 Å². The molecule has 2 aromatic heterocycles. The largest absolute Gasteiger partial charge is 0.444 e. The number of carbonyl (C=O) groups is 2. The maximum atomic E-state index is 12.8. The molecule has 1 saturated heterocycles. The van der Waals surface area contributed by atoms with E-state index in [-0.39, 0.29) is 11.9 Å². The van der Waals surface area contributed by atoms with Gasteiger partial charge in [-0.1, -0.05) is 0 Å². The second-order valence-electron chi connectivity index (χ2n) is 8.02. The predicted octanol–water partition coefficient (Wildman–Crippen LogP) is 2.86. The molecule has 0 aromatic carbocycles. The average Bonchev–Trinajstić information content (AvgIpc) is 2.93. The number of amides is 1. The molecule has 3 heterocycles. The van der Waals surface area contributed by atoms with Crippen LogP contribution < -0.4 is 4.90 Å². The van der Waals surface area contributed by atoms with Crippen LogP contribution >= 0.6 is 0 Å². The van der Waals surface area contributed by atoms with Gasteiger partial charge in [0.1, 0.15) is 11.3 Å². The Kier molecular flexibility index (Phi) is 6.10. The first kappa shape index (κ1) is 20.7. The van der Waals surface area contributed by atoms with E-state index in [0.717, 1.165) is 6.42 Å². The van der Waals surface area contributed by atoms with Gasteiger partial charge in [0, 0.05) is 49.8 Å². The molecule has 8 nitrogen and oxygen atoms in total. The van der Waals surface area contributed by atoms with Crippen LogP contribution in [0.2, 0.25) is 0 Å². The molecule has 1 amide bonds. The molecule has 3 rings (SSSR count). The van der Waals surface area contributed by atoms with Gasteiger partial charge in [-0.05, 0) is 52.3 Å². The van der Waals surface area contributed by atoms with Gasteiger partial charge < -0.3 is 14.5 Å². The van der Waals surface area contributed by atoms with Crippen LogP contribution in [0.1, 0.15) is 48.9 Å². The molecule has 0 N–H and O–H groups in total. The number of ketones is 1. The van der Waals surface area contributed by atoms with Crippen LogP contribution in [0.3, 0.4) is 0 Å². The fourth-order valence-corrected chi connectivity index (χ4v) is 3.12. The van der Waals surface area contributed by atoms with Crippen molar-refractivity contribution >= 4 is 17.8 Å². The number of pyridine rings is 1. The van der Waals surface area contributed by atoms with E-state index in [1.165, 1.54) is 0 Å². The van der Waals surface area contributed by atoms with Crippen molar-refractivity contribution in [3.63, 3.8) is 0 Å². The molecule has 8 heteroatoms. The number of anilines is 1. The van der Waals surface area contributed by atoms with Gasteiger partial charge in [-0.25, -0.2) is 14.8 Å². The SMILES string of the molecule is Cc1ncccc1C(=O)c1ccnc(N2CCCN(C(=O)OC(C)(C)C)CC2)n1. The van der Waals surface area contributed by atoms with Gasteiger partial charge in [-0.3, -0.25) is 9.78 Å². The molecule has 0 bridgehead atoms. The highest BCUT2D eigenvalue weighted by atomic mass is 16.6. The standard InChI is InChI=1S/C21H27N5O3/c1-15-16(7-5-9-22-15)18(27)17-8-10-23-19(24-17)25-11-6-12-26(14-13-25)20(28)29-21(2,3)4/h5,7-10H,6,11-14H2,1-4H3. The normalized spacial score (nSPS) is 15.0. The van der Waals surface area contributed by atoms with Crippen molar-refractivity contribution in [3.8, 4) is 0 Å². The summed E-state index contributed by atoms with van der Waals surface area (Å²) in [7, 11) is 0. The summed E-state index contributed by atoms with van der Waals surface area (Å²) in [5.74, 6) is 0.313. The number of aryl methyl sites for hydroxylation is 1. The van der Waals surface area contributed by atoms with Gasteiger partial charge >= 0.3 is 6.09 Å². The van der Waals surface area contributed by atoms with Crippen molar-refractivity contribution in [1.29, 1.82) is 0 Å². The topological polar surface area (TPSA) is 88.5 Å². The first-order valence-electron chi connectivity index (χ1n) is 9.77. The van der Waals surface area contributed by atoms with Crippen molar-refractivity contribution < 1.29 is 14.3 Å². The number of nitrogens with zero attached hydrogens (tertiary/aromatic N) is 5. The molecule has 1 fully saturated rings. The van der Waals surface area contributed by atoms with Gasteiger partial charge in [0.25, 0.3) is 0 Å². The molecule has 29 heavy (non-hydrogen) atoms. The minimum absolute atomic E-state index is 0.176.